The van der Waals surface area contributed by atoms with Crippen molar-refractivity contribution >= 4 is 22.9 Å². The van der Waals surface area contributed by atoms with Crippen LogP contribution >= 0.6 is 0 Å². The molecule has 0 aliphatic carbocycles. The predicted molar refractivity (Wildman–Crippen MR) is 149 cm³/mol. The highest BCUT2D eigenvalue weighted by Gasteiger charge is 2.19. The quantitative estimate of drug-likeness (QED) is 0.336. The molecular formula is C30H28N6O2. The topological polar surface area (TPSA) is 83.8 Å². The van der Waals surface area contributed by atoms with Crippen molar-refractivity contribution in [2.24, 2.45) is 0 Å². The molecule has 190 valence electrons. The molecule has 0 radical (unpaired) electrons. The summed E-state index contributed by atoms with van der Waals surface area (Å²) in [5.41, 5.74) is 5.44. The molecule has 5 aromatic rings. The van der Waals surface area contributed by atoms with Crippen LogP contribution < -0.4 is 20.3 Å². The first-order chi connectivity index (χ1) is 18.8. The summed E-state index contributed by atoms with van der Waals surface area (Å²) in [6, 6.07) is 27.4. The van der Waals surface area contributed by atoms with Gasteiger partial charge in [-0.2, -0.15) is 5.10 Å². The SMILES string of the molecule is O=C(Nc1ccccc1N1CCNCC1)c1ccn2ncc(-c3ccccc3OCc3ccccc3)c2n1. The molecule has 2 N–H and O–H groups in total. The van der Waals surface area contributed by atoms with Crippen molar-refractivity contribution in [3.05, 3.63) is 109 Å². The summed E-state index contributed by atoms with van der Waals surface area (Å²) in [6.45, 7) is 4.07. The third kappa shape index (κ3) is 4.94. The number of carbonyl (C=O) groups is 1. The number of amides is 1. The van der Waals surface area contributed by atoms with Crippen LogP contribution in [0.3, 0.4) is 0 Å². The van der Waals surface area contributed by atoms with Gasteiger partial charge >= 0.3 is 0 Å². The predicted octanol–water partition coefficient (Wildman–Crippen LogP) is 4.64. The van der Waals surface area contributed by atoms with E-state index in [0.717, 1.165) is 60.0 Å². The number of benzene rings is 3. The van der Waals surface area contributed by atoms with Crippen molar-refractivity contribution in [3.63, 3.8) is 0 Å². The Hall–Kier alpha value is -4.69. The van der Waals surface area contributed by atoms with Gasteiger partial charge in [0.1, 0.15) is 18.1 Å². The van der Waals surface area contributed by atoms with Crippen molar-refractivity contribution in [2.45, 2.75) is 6.61 Å². The van der Waals surface area contributed by atoms with Gasteiger partial charge in [0.25, 0.3) is 5.91 Å². The maximum Gasteiger partial charge on any atom is 0.274 e. The van der Waals surface area contributed by atoms with E-state index in [1.807, 2.05) is 78.9 Å². The van der Waals surface area contributed by atoms with Crippen molar-refractivity contribution in [2.75, 3.05) is 36.4 Å². The van der Waals surface area contributed by atoms with Gasteiger partial charge in [0.15, 0.2) is 5.65 Å². The minimum atomic E-state index is -0.268. The lowest BCUT2D eigenvalue weighted by molar-refractivity contribution is 0.102. The zero-order chi connectivity index (χ0) is 25.7. The van der Waals surface area contributed by atoms with Gasteiger partial charge < -0.3 is 20.3 Å². The number of para-hydroxylation sites is 3. The van der Waals surface area contributed by atoms with Gasteiger partial charge in [0.2, 0.25) is 0 Å². The van der Waals surface area contributed by atoms with Crippen LogP contribution in [0.1, 0.15) is 16.1 Å². The Balaban J connectivity index is 1.28. The highest BCUT2D eigenvalue weighted by atomic mass is 16.5. The van der Waals surface area contributed by atoms with Crippen LogP contribution in [0, 0.1) is 0 Å². The second kappa shape index (κ2) is 10.7. The Morgan fingerprint density at radius 1 is 0.895 bits per heavy atom. The maximum absolute atomic E-state index is 13.3. The van der Waals surface area contributed by atoms with E-state index in [9.17, 15) is 4.79 Å². The summed E-state index contributed by atoms with van der Waals surface area (Å²) in [6.07, 6.45) is 3.52. The highest BCUT2D eigenvalue weighted by Crippen LogP contribution is 2.33. The number of ether oxygens (including phenoxy) is 1. The van der Waals surface area contributed by atoms with E-state index in [1.54, 1.807) is 23.0 Å². The minimum absolute atomic E-state index is 0.268. The number of fused-ring (bicyclic) bond motifs is 1. The summed E-state index contributed by atoms with van der Waals surface area (Å²) in [5.74, 6) is 0.462. The van der Waals surface area contributed by atoms with Crippen LogP contribution in [0.25, 0.3) is 16.8 Å². The van der Waals surface area contributed by atoms with E-state index >= 15 is 0 Å². The zero-order valence-corrected chi connectivity index (χ0v) is 20.9. The van der Waals surface area contributed by atoms with Crippen molar-refractivity contribution in [1.82, 2.24) is 19.9 Å². The van der Waals surface area contributed by atoms with Gasteiger partial charge in [-0.05, 0) is 29.8 Å². The van der Waals surface area contributed by atoms with Crippen LogP contribution in [0.4, 0.5) is 11.4 Å². The fourth-order valence-electron chi connectivity index (χ4n) is 4.68. The molecule has 3 aromatic carbocycles. The van der Waals surface area contributed by atoms with Gasteiger partial charge in [0.05, 0.1) is 23.1 Å². The molecule has 0 bridgehead atoms. The normalized spacial score (nSPS) is 13.4. The van der Waals surface area contributed by atoms with Gasteiger partial charge in [-0.25, -0.2) is 9.50 Å². The number of nitrogens with one attached hydrogen (secondary N) is 2. The van der Waals surface area contributed by atoms with Crippen molar-refractivity contribution in [3.8, 4) is 16.9 Å². The first kappa shape index (κ1) is 23.7. The second-order valence-corrected chi connectivity index (χ2v) is 9.12. The zero-order valence-electron chi connectivity index (χ0n) is 20.9. The Morgan fingerprint density at radius 2 is 1.66 bits per heavy atom. The van der Waals surface area contributed by atoms with E-state index in [2.05, 4.69) is 20.6 Å². The van der Waals surface area contributed by atoms with Gasteiger partial charge in [-0.3, -0.25) is 4.79 Å². The van der Waals surface area contributed by atoms with Crippen molar-refractivity contribution in [1.29, 1.82) is 0 Å². The third-order valence-electron chi connectivity index (χ3n) is 6.63. The molecule has 0 unspecified atom stereocenters. The van der Waals surface area contributed by atoms with Crippen LogP contribution in [0.15, 0.2) is 97.3 Å². The molecule has 1 aliphatic rings. The van der Waals surface area contributed by atoms with Crippen LogP contribution in [0.2, 0.25) is 0 Å². The smallest absolute Gasteiger partial charge is 0.274 e. The largest absolute Gasteiger partial charge is 0.488 e. The third-order valence-corrected chi connectivity index (χ3v) is 6.63. The number of carbonyl (C=O) groups excluding carboxylic acids is 1. The molecule has 8 heteroatoms. The average Bonchev–Trinajstić information content (AvgIpc) is 3.41. The molecule has 6 rings (SSSR count). The lowest BCUT2D eigenvalue weighted by Gasteiger charge is -2.31. The molecule has 2 aromatic heterocycles. The van der Waals surface area contributed by atoms with Crippen molar-refractivity contribution < 1.29 is 9.53 Å². The highest BCUT2D eigenvalue weighted by molar-refractivity contribution is 6.05. The fraction of sp³-hybridized carbons (Fsp3) is 0.167. The van der Waals surface area contributed by atoms with Crippen LogP contribution in [0.5, 0.6) is 5.75 Å². The summed E-state index contributed by atoms with van der Waals surface area (Å²) in [4.78, 5) is 20.3. The monoisotopic (exact) mass is 504 g/mol. The molecule has 1 saturated heterocycles. The van der Waals surface area contributed by atoms with E-state index in [1.165, 1.54) is 0 Å². The molecule has 1 aliphatic heterocycles. The molecule has 0 atom stereocenters. The summed E-state index contributed by atoms with van der Waals surface area (Å²) < 4.78 is 7.85. The molecule has 0 saturated carbocycles. The Bertz CT molecular complexity index is 1560. The molecule has 0 spiro atoms. The average molecular weight is 505 g/mol. The Morgan fingerprint density at radius 3 is 2.53 bits per heavy atom. The minimum Gasteiger partial charge on any atom is -0.488 e. The number of hydrogen-bond donors (Lipinski definition) is 2. The molecule has 1 fully saturated rings. The van der Waals surface area contributed by atoms with E-state index < -0.39 is 0 Å². The Labute approximate surface area is 220 Å². The number of hydrogen-bond acceptors (Lipinski definition) is 6. The Kier molecular flexibility index (Phi) is 6.70. The first-order valence-corrected chi connectivity index (χ1v) is 12.7. The van der Waals surface area contributed by atoms with Gasteiger partial charge in [0, 0.05) is 37.9 Å². The van der Waals surface area contributed by atoms with Gasteiger partial charge in [-0.1, -0.05) is 60.7 Å². The standard InChI is InChI=1S/C30H28N6O2/c37-30(34-25-11-5-6-12-27(25)35-18-15-31-16-19-35)26-14-17-36-29(33-26)24(20-32-36)23-10-4-7-13-28(23)38-21-22-8-2-1-3-9-22/h1-14,17,20,31H,15-16,18-19,21H2,(H,34,37). The second-order valence-electron chi connectivity index (χ2n) is 9.12. The summed E-state index contributed by atoms with van der Waals surface area (Å²) >= 11 is 0. The number of rotatable bonds is 7. The molecule has 3 heterocycles. The number of anilines is 2. The fourth-order valence-corrected chi connectivity index (χ4v) is 4.68. The summed E-state index contributed by atoms with van der Waals surface area (Å²) in [7, 11) is 0. The maximum atomic E-state index is 13.3. The molecular weight excluding hydrogens is 476 g/mol. The lowest BCUT2D eigenvalue weighted by Crippen LogP contribution is -2.43. The molecule has 8 nitrogen and oxygen atoms in total. The van der Waals surface area contributed by atoms with Gasteiger partial charge in [-0.15, -0.1) is 0 Å². The summed E-state index contributed by atoms with van der Waals surface area (Å²) in [5, 5.41) is 10.9. The molecule has 1 amide bonds. The van der Waals surface area contributed by atoms with Crippen LogP contribution in [-0.4, -0.2) is 46.7 Å². The van der Waals surface area contributed by atoms with Crippen LogP contribution in [-0.2, 0) is 6.61 Å². The lowest BCUT2D eigenvalue weighted by atomic mass is 10.1. The number of nitrogens with zero attached hydrogens (tertiary/aromatic N) is 4. The number of piperazine rings is 1. The van der Waals surface area contributed by atoms with E-state index in [-0.39, 0.29) is 5.91 Å². The first-order valence-electron chi connectivity index (χ1n) is 12.7. The number of aromatic nitrogens is 3. The molecule has 38 heavy (non-hydrogen) atoms. The van der Waals surface area contributed by atoms with E-state index in [0.29, 0.717) is 17.9 Å². The van der Waals surface area contributed by atoms with E-state index in [4.69, 9.17) is 9.72 Å².